The SMILES string of the molecule is O=C(Cn1ccc(=O)[nH]c1=O)N1CCCC1CCCO. The molecule has 1 aromatic rings. The largest absolute Gasteiger partial charge is 0.396 e. The molecule has 1 atom stereocenters. The molecule has 2 heterocycles. The Kier molecular flexibility index (Phi) is 4.73. The van der Waals surface area contributed by atoms with Crippen molar-refractivity contribution in [3.05, 3.63) is 33.1 Å². The highest BCUT2D eigenvalue weighted by Crippen LogP contribution is 2.21. The van der Waals surface area contributed by atoms with E-state index in [2.05, 4.69) is 4.98 Å². The smallest absolute Gasteiger partial charge is 0.328 e. The number of H-pyrrole nitrogens is 1. The normalized spacial score (nSPS) is 18.4. The number of amides is 1. The van der Waals surface area contributed by atoms with Gasteiger partial charge in [0.1, 0.15) is 6.54 Å². The third kappa shape index (κ3) is 3.36. The summed E-state index contributed by atoms with van der Waals surface area (Å²) < 4.78 is 1.20. The number of aliphatic hydroxyl groups excluding tert-OH is 1. The van der Waals surface area contributed by atoms with Crippen molar-refractivity contribution in [2.24, 2.45) is 0 Å². The number of carbonyl (C=O) groups excluding carboxylic acids is 1. The van der Waals surface area contributed by atoms with E-state index >= 15 is 0 Å². The molecule has 1 fully saturated rings. The number of nitrogens with one attached hydrogen (secondary N) is 1. The summed E-state index contributed by atoms with van der Waals surface area (Å²) in [5.74, 6) is -0.125. The van der Waals surface area contributed by atoms with E-state index in [1.165, 1.54) is 16.8 Å². The number of carbonyl (C=O) groups is 1. The van der Waals surface area contributed by atoms with Crippen LogP contribution in [0.15, 0.2) is 21.9 Å². The second-order valence-electron chi connectivity index (χ2n) is 4.99. The van der Waals surface area contributed by atoms with Gasteiger partial charge < -0.3 is 10.0 Å². The summed E-state index contributed by atoms with van der Waals surface area (Å²) in [5.41, 5.74) is -1.04. The summed E-state index contributed by atoms with van der Waals surface area (Å²) in [4.78, 5) is 38.7. The standard InChI is InChI=1S/C13H19N3O4/c17-8-2-4-10-3-1-6-16(10)12(19)9-15-7-5-11(18)14-13(15)20/h5,7,10,17H,1-4,6,8-9H2,(H,14,18,20). The van der Waals surface area contributed by atoms with E-state index in [1.54, 1.807) is 4.90 Å². The molecule has 1 unspecified atom stereocenters. The predicted octanol–water partition coefficient (Wildman–Crippen LogP) is -0.700. The minimum Gasteiger partial charge on any atom is -0.396 e. The Hall–Kier alpha value is -1.89. The van der Waals surface area contributed by atoms with E-state index in [4.69, 9.17) is 5.11 Å². The maximum Gasteiger partial charge on any atom is 0.328 e. The Balaban J connectivity index is 2.03. The zero-order valence-corrected chi connectivity index (χ0v) is 11.2. The van der Waals surface area contributed by atoms with E-state index in [0.29, 0.717) is 13.0 Å². The number of aromatic nitrogens is 2. The maximum absolute atomic E-state index is 12.2. The highest BCUT2D eigenvalue weighted by atomic mass is 16.3. The van der Waals surface area contributed by atoms with Gasteiger partial charge in [0.05, 0.1) is 0 Å². The summed E-state index contributed by atoms with van der Waals surface area (Å²) in [7, 11) is 0. The molecule has 2 N–H and O–H groups in total. The number of aliphatic hydroxyl groups is 1. The second-order valence-corrected chi connectivity index (χ2v) is 4.99. The Morgan fingerprint density at radius 1 is 1.45 bits per heavy atom. The molecular weight excluding hydrogens is 262 g/mol. The molecule has 110 valence electrons. The minimum atomic E-state index is -0.572. The lowest BCUT2D eigenvalue weighted by molar-refractivity contribution is -0.132. The lowest BCUT2D eigenvalue weighted by atomic mass is 10.1. The van der Waals surface area contributed by atoms with Crippen LogP contribution in [0.5, 0.6) is 0 Å². The molecular formula is C13H19N3O4. The van der Waals surface area contributed by atoms with E-state index in [9.17, 15) is 14.4 Å². The molecule has 1 aromatic heterocycles. The van der Waals surface area contributed by atoms with Crippen LogP contribution < -0.4 is 11.2 Å². The molecule has 1 aliphatic heterocycles. The van der Waals surface area contributed by atoms with Crippen LogP contribution in [0.3, 0.4) is 0 Å². The van der Waals surface area contributed by atoms with Crippen LogP contribution in [-0.4, -0.2) is 44.7 Å². The lowest BCUT2D eigenvalue weighted by Crippen LogP contribution is -2.40. The van der Waals surface area contributed by atoms with Gasteiger partial charge in [-0.1, -0.05) is 0 Å². The van der Waals surface area contributed by atoms with Gasteiger partial charge in [0, 0.05) is 31.5 Å². The molecule has 0 aliphatic carbocycles. The molecule has 1 saturated heterocycles. The number of hydrogen-bond donors (Lipinski definition) is 2. The fraction of sp³-hybridized carbons (Fsp3) is 0.615. The van der Waals surface area contributed by atoms with Gasteiger partial charge in [-0.2, -0.15) is 0 Å². The van der Waals surface area contributed by atoms with Crippen LogP contribution in [-0.2, 0) is 11.3 Å². The molecule has 7 nitrogen and oxygen atoms in total. The van der Waals surface area contributed by atoms with Crippen molar-refractivity contribution < 1.29 is 9.90 Å². The maximum atomic E-state index is 12.2. The van der Waals surface area contributed by atoms with E-state index in [0.717, 1.165) is 19.3 Å². The highest BCUT2D eigenvalue weighted by Gasteiger charge is 2.28. The molecule has 1 amide bonds. The van der Waals surface area contributed by atoms with Crippen LogP contribution >= 0.6 is 0 Å². The van der Waals surface area contributed by atoms with Gasteiger partial charge in [0.15, 0.2) is 0 Å². The van der Waals surface area contributed by atoms with Gasteiger partial charge in [0.25, 0.3) is 5.56 Å². The first-order valence-electron chi connectivity index (χ1n) is 6.82. The Morgan fingerprint density at radius 2 is 2.25 bits per heavy atom. The summed E-state index contributed by atoms with van der Waals surface area (Å²) in [6.07, 6.45) is 4.67. The zero-order chi connectivity index (χ0) is 14.5. The van der Waals surface area contributed by atoms with E-state index in [1.807, 2.05) is 0 Å². The molecule has 0 aromatic carbocycles. The van der Waals surface area contributed by atoms with Crippen LogP contribution in [0.1, 0.15) is 25.7 Å². The van der Waals surface area contributed by atoms with Crippen LogP contribution in [0.25, 0.3) is 0 Å². The van der Waals surface area contributed by atoms with Gasteiger partial charge in [-0.05, 0) is 25.7 Å². The van der Waals surface area contributed by atoms with E-state index < -0.39 is 11.2 Å². The highest BCUT2D eigenvalue weighted by molar-refractivity contribution is 5.76. The van der Waals surface area contributed by atoms with Crippen LogP contribution in [0.2, 0.25) is 0 Å². The van der Waals surface area contributed by atoms with Crippen molar-refractivity contribution in [3.63, 3.8) is 0 Å². The van der Waals surface area contributed by atoms with Gasteiger partial charge in [0.2, 0.25) is 5.91 Å². The Bertz CT molecular complexity index is 577. The van der Waals surface area contributed by atoms with Gasteiger partial charge in [-0.25, -0.2) is 4.79 Å². The fourth-order valence-electron chi connectivity index (χ4n) is 2.60. The average molecular weight is 281 g/mol. The summed E-state index contributed by atoms with van der Waals surface area (Å²) >= 11 is 0. The summed E-state index contributed by atoms with van der Waals surface area (Å²) in [5, 5.41) is 8.87. The first-order valence-corrected chi connectivity index (χ1v) is 6.82. The number of rotatable bonds is 5. The summed E-state index contributed by atoms with van der Waals surface area (Å²) in [6.45, 7) is 0.746. The molecule has 20 heavy (non-hydrogen) atoms. The van der Waals surface area contributed by atoms with Crippen LogP contribution in [0, 0.1) is 0 Å². The van der Waals surface area contributed by atoms with Crippen molar-refractivity contribution in [1.82, 2.24) is 14.5 Å². The van der Waals surface area contributed by atoms with Crippen molar-refractivity contribution in [2.45, 2.75) is 38.3 Å². The minimum absolute atomic E-state index is 0.0642. The lowest BCUT2D eigenvalue weighted by Gasteiger charge is -2.24. The molecule has 0 radical (unpaired) electrons. The van der Waals surface area contributed by atoms with Gasteiger partial charge in [-0.15, -0.1) is 0 Å². The van der Waals surface area contributed by atoms with E-state index in [-0.39, 0.29) is 25.1 Å². The number of aromatic amines is 1. The van der Waals surface area contributed by atoms with Crippen molar-refractivity contribution in [3.8, 4) is 0 Å². The topological polar surface area (TPSA) is 95.4 Å². The molecule has 1 aliphatic rings. The monoisotopic (exact) mass is 281 g/mol. The predicted molar refractivity (Wildman–Crippen MR) is 72.4 cm³/mol. The Labute approximate surface area is 115 Å². The number of hydrogen-bond acceptors (Lipinski definition) is 4. The molecule has 0 spiro atoms. The molecule has 0 bridgehead atoms. The second kappa shape index (κ2) is 6.51. The molecule has 7 heteroatoms. The zero-order valence-electron chi connectivity index (χ0n) is 11.2. The summed E-state index contributed by atoms with van der Waals surface area (Å²) in [6, 6.07) is 1.37. The molecule has 2 rings (SSSR count). The van der Waals surface area contributed by atoms with Gasteiger partial charge >= 0.3 is 5.69 Å². The van der Waals surface area contributed by atoms with Crippen molar-refractivity contribution >= 4 is 5.91 Å². The first kappa shape index (κ1) is 14.5. The van der Waals surface area contributed by atoms with Crippen molar-refractivity contribution in [1.29, 1.82) is 0 Å². The number of nitrogens with zero attached hydrogens (tertiary/aromatic N) is 2. The quantitative estimate of drug-likeness (QED) is 0.746. The third-order valence-corrected chi connectivity index (χ3v) is 3.60. The average Bonchev–Trinajstić information content (AvgIpc) is 2.88. The third-order valence-electron chi connectivity index (χ3n) is 3.60. The van der Waals surface area contributed by atoms with Crippen LogP contribution in [0.4, 0.5) is 0 Å². The van der Waals surface area contributed by atoms with Gasteiger partial charge in [-0.3, -0.25) is 19.1 Å². The molecule has 0 saturated carbocycles. The fourth-order valence-corrected chi connectivity index (χ4v) is 2.60. The van der Waals surface area contributed by atoms with Crippen molar-refractivity contribution in [2.75, 3.05) is 13.2 Å². The number of likely N-dealkylation sites (tertiary alicyclic amines) is 1. The first-order chi connectivity index (χ1) is 9.61. The Morgan fingerprint density at radius 3 is 2.95 bits per heavy atom.